The minimum Gasteiger partial charge on any atom is -0.492 e. The molecule has 0 aliphatic rings. The molecule has 1 aromatic rings. The lowest BCUT2D eigenvalue weighted by Crippen LogP contribution is -2.86. The van der Waals surface area contributed by atoms with Gasteiger partial charge < -0.3 is 9.53 Å². The van der Waals surface area contributed by atoms with Crippen molar-refractivity contribution in [1.29, 1.82) is 0 Å². The summed E-state index contributed by atoms with van der Waals surface area (Å²) in [5.41, 5.74) is 1.92. The van der Waals surface area contributed by atoms with Crippen molar-refractivity contribution in [3.8, 4) is 5.75 Å². The van der Waals surface area contributed by atoms with E-state index < -0.39 is 29.4 Å². The molecule has 1 rings (SSSR count). The van der Waals surface area contributed by atoms with Crippen LogP contribution in [-0.2, 0) is 0 Å². The SMILES string of the molecule is C=C/C=C/CCOc1c(C)cccc1C(=O)[Si]([Si](C)(C)C)([Si](C)(C)C)[Si](C)(C)C. The molecular weight excluding hydrogens is 421 g/mol. The minimum absolute atomic E-state index is 0.496. The van der Waals surface area contributed by atoms with Crippen LogP contribution in [0.3, 0.4) is 0 Å². The minimum atomic E-state index is -2.19. The van der Waals surface area contributed by atoms with Gasteiger partial charge in [0.05, 0.1) is 12.2 Å². The highest BCUT2D eigenvalue weighted by molar-refractivity contribution is 7.97. The summed E-state index contributed by atoms with van der Waals surface area (Å²) < 4.78 is 6.23. The number of ether oxygens (including phenoxy) is 1. The van der Waals surface area contributed by atoms with Crippen LogP contribution in [0.25, 0.3) is 0 Å². The smallest absolute Gasteiger partial charge is 0.136 e. The lowest BCUT2D eigenvalue weighted by Gasteiger charge is -2.55. The van der Waals surface area contributed by atoms with Gasteiger partial charge in [0.1, 0.15) is 17.8 Å². The molecule has 0 radical (unpaired) electrons. The fraction of sp³-hybridized carbons (Fsp3) is 0.522. The van der Waals surface area contributed by atoms with Crippen LogP contribution in [0.15, 0.2) is 43.0 Å². The third-order valence-electron chi connectivity index (χ3n) is 5.98. The Morgan fingerprint density at radius 2 is 1.48 bits per heavy atom. The molecule has 0 aliphatic carbocycles. The van der Waals surface area contributed by atoms with Crippen molar-refractivity contribution >= 4 is 34.8 Å². The number of benzene rings is 1. The molecule has 6 heteroatoms. The highest BCUT2D eigenvalue weighted by atomic mass is 29.9. The average Bonchev–Trinajstić information content (AvgIpc) is 2.52. The first-order valence-corrected chi connectivity index (χ1v) is 26.2. The van der Waals surface area contributed by atoms with Crippen molar-refractivity contribution in [2.45, 2.75) is 72.3 Å². The zero-order chi connectivity index (χ0) is 22.7. The summed E-state index contributed by atoms with van der Waals surface area (Å²) in [7, 11) is -5.12. The van der Waals surface area contributed by atoms with Crippen LogP contribution in [0.4, 0.5) is 0 Å². The van der Waals surface area contributed by atoms with Crippen LogP contribution in [0, 0.1) is 6.92 Å². The number of carbonyl (C=O) groups excluding carboxylic acids is 1. The third kappa shape index (κ3) is 5.21. The molecule has 0 heterocycles. The van der Waals surface area contributed by atoms with Crippen LogP contribution in [0.5, 0.6) is 5.75 Å². The normalized spacial score (nSPS) is 13.6. The Morgan fingerprint density at radius 3 is 1.93 bits per heavy atom. The molecule has 0 aliphatic heterocycles. The van der Waals surface area contributed by atoms with Gasteiger partial charge >= 0.3 is 0 Å². The zero-order valence-electron chi connectivity index (χ0n) is 20.4. The number of hydrogen-bond donors (Lipinski definition) is 0. The number of rotatable bonds is 10. The molecular formula is C23H42O2Si4. The van der Waals surface area contributed by atoms with Gasteiger partial charge in [-0.25, -0.2) is 0 Å². The topological polar surface area (TPSA) is 26.3 Å². The molecule has 0 spiro atoms. The second-order valence-corrected chi connectivity index (χ2v) is 51.3. The second-order valence-electron chi connectivity index (χ2n) is 11.1. The van der Waals surface area contributed by atoms with E-state index in [2.05, 4.69) is 84.6 Å². The lowest BCUT2D eigenvalue weighted by molar-refractivity contribution is 0.107. The Kier molecular flexibility index (Phi) is 8.50. The fourth-order valence-electron chi connectivity index (χ4n) is 6.04. The molecule has 162 valence electrons. The van der Waals surface area contributed by atoms with E-state index in [-0.39, 0.29) is 0 Å². The largest absolute Gasteiger partial charge is 0.492 e. The van der Waals surface area contributed by atoms with Crippen LogP contribution in [0.2, 0.25) is 58.9 Å². The molecule has 29 heavy (non-hydrogen) atoms. The van der Waals surface area contributed by atoms with Crippen molar-refractivity contribution < 1.29 is 9.53 Å². The zero-order valence-corrected chi connectivity index (χ0v) is 24.4. The maximum atomic E-state index is 14.6. The van der Waals surface area contributed by atoms with E-state index in [1.165, 1.54) is 0 Å². The predicted molar refractivity (Wildman–Crippen MR) is 141 cm³/mol. The van der Waals surface area contributed by atoms with E-state index in [0.29, 0.717) is 12.0 Å². The Bertz CT molecular complexity index is 727. The molecule has 2 nitrogen and oxygen atoms in total. The van der Waals surface area contributed by atoms with E-state index in [0.717, 1.165) is 23.3 Å². The van der Waals surface area contributed by atoms with Gasteiger partial charge in [-0.15, -0.1) is 0 Å². The first-order chi connectivity index (χ1) is 13.1. The highest BCUT2D eigenvalue weighted by Crippen LogP contribution is 2.41. The Morgan fingerprint density at radius 1 is 0.966 bits per heavy atom. The molecule has 0 fully saturated rings. The van der Waals surface area contributed by atoms with E-state index in [9.17, 15) is 4.79 Å². The van der Waals surface area contributed by atoms with E-state index >= 15 is 0 Å². The van der Waals surface area contributed by atoms with Crippen molar-refractivity contribution in [2.24, 2.45) is 0 Å². The summed E-state index contributed by atoms with van der Waals surface area (Å²) in [6.07, 6.45) is 6.58. The number of allylic oxidation sites excluding steroid dienone is 2. The number of aryl methyl sites for hydroxylation is 1. The Balaban J connectivity index is 3.62. The van der Waals surface area contributed by atoms with E-state index in [1.54, 1.807) is 6.08 Å². The Labute approximate surface area is 182 Å². The van der Waals surface area contributed by atoms with Crippen molar-refractivity contribution in [2.75, 3.05) is 6.61 Å². The van der Waals surface area contributed by atoms with Gasteiger partial charge in [-0.05, 0) is 25.0 Å². The molecule has 1 aromatic carbocycles. The average molecular weight is 463 g/mol. The maximum absolute atomic E-state index is 14.6. The predicted octanol–water partition coefficient (Wildman–Crippen LogP) is 6.93. The number of para-hydroxylation sites is 1. The van der Waals surface area contributed by atoms with Crippen LogP contribution in [-0.4, -0.2) is 41.4 Å². The molecule has 0 atom stereocenters. The lowest BCUT2D eigenvalue weighted by atomic mass is 10.1. The maximum Gasteiger partial charge on any atom is 0.136 e. The quantitative estimate of drug-likeness (QED) is 0.214. The van der Waals surface area contributed by atoms with Gasteiger partial charge in [-0.3, -0.25) is 0 Å². The molecule has 0 amide bonds. The van der Waals surface area contributed by atoms with Gasteiger partial charge in [0.15, 0.2) is 0 Å². The standard InChI is InChI=1S/C23H42O2Si4/c1-12-13-14-15-19-25-22-20(2)17-16-18-21(22)23(24)29(26(3,4)5,27(6,7)8)28(9,10)11/h12-14,16-18H,1,15,19H2,2-11H3/b14-13+. The van der Waals surface area contributed by atoms with Gasteiger partial charge in [-0.1, -0.05) is 95.9 Å². The molecule has 0 saturated heterocycles. The van der Waals surface area contributed by atoms with Gasteiger partial charge in [0.2, 0.25) is 0 Å². The van der Waals surface area contributed by atoms with Gasteiger partial charge in [0, 0.05) is 22.8 Å². The molecule has 0 N–H and O–H groups in total. The van der Waals surface area contributed by atoms with E-state index in [1.807, 2.05) is 18.2 Å². The fourth-order valence-corrected chi connectivity index (χ4v) is 104. The van der Waals surface area contributed by atoms with Crippen molar-refractivity contribution in [3.63, 3.8) is 0 Å². The van der Waals surface area contributed by atoms with Gasteiger partial charge in [-0.2, -0.15) is 0 Å². The second kappa shape index (κ2) is 9.45. The van der Waals surface area contributed by atoms with Crippen LogP contribution in [0.1, 0.15) is 22.3 Å². The van der Waals surface area contributed by atoms with E-state index in [4.69, 9.17) is 4.74 Å². The summed E-state index contributed by atoms with van der Waals surface area (Å²) >= 11 is 0. The Hall–Kier alpha value is -0.962. The highest BCUT2D eigenvalue weighted by Gasteiger charge is 2.66. The summed E-state index contributed by atoms with van der Waals surface area (Å²) in [6, 6.07) is 6.13. The molecule has 0 bridgehead atoms. The number of hydrogen-bond acceptors (Lipinski definition) is 2. The molecule has 0 saturated carbocycles. The first kappa shape index (κ1) is 26.1. The first-order valence-electron chi connectivity index (χ1n) is 10.7. The molecule has 0 aromatic heterocycles. The van der Waals surface area contributed by atoms with Crippen LogP contribution >= 0.6 is 0 Å². The van der Waals surface area contributed by atoms with Crippen molar-refractivity contribution in [3.05, 3.63) is 54.1 Å². The third-order valence-corrected chi connectivity index (χ3v) is 76.5. The summed E-state index contributed by atoms with van der Waals surface area (Å²) in [4.78, 5) is 14.6. The van der Waals surface area contributed by atoms with Crippen LogP contribution < -0.4 is 4.74 Å². The van der Waals surface area contributed by atoms with Crippen molar-refractivity contribution in [1.82, 2.24) is 0 Å². The summed E-state index contributed by atoms with van der Waals surface area (Å²) in [5.74, 6) is 0.816. The van der Waals surface area contributed by atoms with Gasteiger partial charge in [0.25, 0.3) is 0 Å². The summed E-state index contributed by atoms with van der Waals surface area (Å²) in [5, 5.41) is 0.496. The molecule has 0 unspecified atom stereocenters. The summed E-state index contributed by atoms with van der Waals surface area (Å²) in [6.45, 7) is 26.3. The number of carbonyl (C=O) groups is 1. The monoisotopic (exact) mass is 462 g/mol.